The van der Waals surface area contributed by atoms with E-state index in [1.54, 1.807) is 0 Å². The zero-order chi connectivity index (χ0) is 8.48. The van der Waals surface area contributed by atoms with Crippen LogP contribution in [0.25, 0.3) is 0 Å². The van der Waals surface area contributed by atoms with Crippen molar-refractivity contribution < 1.29 is 0 Å². The van der Waals surface area contributed by atoms with Crippen molar-refractivity contribution in [1.82, 2.24) is 0 Å². The number of hydrogen-bond donors (Lipinski definition) is 0. The van der Waals surface area contributed by atoms with Crippen LogP contribution < -0.4 is 0 Å². The molecule has 0 saturated heterocycles. The Hall–Kier alpha value is -0.430. The molecule has 0 heterocycles. The number of rotatable bonds is 1. The summed E-state index contributed by atoms with van der Waals surface area (Å²) in [4.78, 5) is 1.50. The van der Waals surface area contributed by atoms with Gasteiger partial charge in [0.05, 0.1) is 0 Å². The van der Waals surface area contributed by atoms with E-state index in [0.717, 1.165) is 0 Å². The van der Waals surface area contributed by atoms with Crippen LogP contribution in [0.3, 0.4) is 0 Å². The van der Waals surface area contributed by atoms with E-state index in [2.05, 4.69) is 50.0 Å². The topological polar surface area (TPSA) is 0 Å². The Morgan fingerprint density at radius 2 is 1.73 bits per heavy atom. The van der Waals surface area contributed by atoms with Gasteiger partial charge in [0.15, 0.2) is 0 Å². The van der Waals surface area contributed by atoms with Gasteiger partial charge in [-0.25, -0.2) is 10.0 Å². The van der Waals surface area contributed by atoms with Gasteiger partial charge in [0.2, 0.25) is 0 Å². The van der Waals surface area contributed by atoms with Gasteiger partial charge in [-0.2, -0.15) is 0 Å². The smallest absolute Gasteiger partial charge is 0.0104 e. The van der Waals surface area contributed by atoms with Gasteiger partial charge in [-0.15, -0.1) is 0 Å². The Bertz CT molecular complexity index is 245. The van der Waals surface area contributed by atoms with Crippen molar-refractivity contribution in [3.05, 3.63) is 29.8 Å². The molecule has 0 saturated carbocycles. The summed E-state index contributed by atoms with van der Waals surface area (Å²) < 4.78 is 0. The molecule has 1 heteroatoms. The van der Waals surface area contributed by atoms with Gasteiger partial charge in [-0.1, -0.05) is 23.8 Å². The molecule has 0 unspecified atom stereocenters. The van der Waals surface area contributed by atoms with Crippen LogP contribution in [0.5, 0.6) is 0 Å². The van der Waals surface area contributed by atoms with E-state index in [1.165, 1.54) is 10.5 Å². The van der Waals surface area contributed by atoms with Gasteiger partial charge in [0, 0.05) is 0 Å². The highest BCUT2D eigenvalue weighted by atomic mass is 32.3. The number of hydrogen-bond acceptors (Lipinski definition) is 0. The molecule has 0 spiro atoms. The van der Waals surface area contributed by atoms with E-state index in [4.69, 9.17) is 0 Å². The van der Waals surface area contributed by atoms with Crippen molar-refractivity contribution in [3.63, 3.8) is 0 Å². The Morgan fingerprint density at radius 1 is 1.09 bits per heavy atom. The van der Waals surface area contributed by atoms with E-state index in [0.29, 0.717) is 0 Å². The molecular weight excluding hydrogens is 152 g/mol. The molecule has 62 valence electrons. The zero-order valence-corrected chi connectivity index (χ0v) is 8.53. The maximum absolute atomic E-state index is 2.32. The minimum absolute atomic E-state index is 0.525. The van der Waals surface area contributed by atoms with Gasteiger partial charge < -0.3 is 0 Å². The summed E-state index contributed by atoms with van der Waals surface area (Å²) >= 11 is 0. The second-order valence-corrected chi connectivity index (χ2v) is 7.80. The molecule has 0 radical (unpaired) electrons. The van der Waals surface area contributed by atoms with E-state index >= 15 is 0 Å². The third kappa shape index (κ3) is 2.26. The monoisotopic (exact) mass is 168 g/mol. The van der Waals surface area contributed by atoms with Crippen molar-refractivity contribution in [2.45, 2.75) is 11.8 Å². The SMILES string of the molecule is Cc1cccc(S(C)(C)C)c1. The molecule has 11 heavy (non-hydrogen) atoms. The molecule has 1 aromatic carbocycles. The first-order chi connectivity index (χ1) is 5.00. The van der Waals surface area contributed by atoms with Crippen LogP contribution in [0.2, 0.25) is 0 Å². The fourth-order valence-electron chi connectivity index (χ4n) is 0.996. The molecule has 1 rings (SSSR count). The Balaban J connectivity index is 3.06. The first-order valence-corrected chi connectivity index (χ1v) is 6.61. The van der Waals surface area contributed by atoms with Gasteiger partial charge >= 0.3 is 0 Å². The molecule has 1 aromatic rings. The molecule has 0 bridgehead atoms. The third-order valence-corrected chi connectivity index (χ3v) is 3.36. The third-order valence-electron chi connectivity index (χ3n) is 1.70. The number of aryl methyl sites for hydroxylation is 1. The molecule has 0 atom stereocenters. The molecule has 0 aliphatic rings. The average Bonchev–Trinajstić information content (AvgIpc) is 1.86. The normalized spacial score (nSPS) is 13.1. The van der Waals surface area contributed by atoms with Gasteiger partial charge in [0.25, 0.3) is 0 Å². The molecule has 0 nitrogen and oxygen atoms in total. The Morgan fingerprint density at radius 3 is 2.09 bits per heavy atom. The lowest BCUT2D eigenvalue weighted by atomic mass is 10.2. The summed E-state index contributed by atoms with van der Waals surface area (Å²) in [5.41, 5.74) is 1.37. The van der Waals surface area contributed by atoms with Crippen LogP contribution in [0.1, 0.15) is 5.56 Å². The van der Waals surface area contributed by atoms with Gasteiger partial charge in [0.1, 0.15) is 0 Å². The molecule has 0 aliphatic carbocycles. The minimum Gasteiger partial charge on any atom is -0.223 e. The van der Waals surface area contributed by atoms with E-state index in [9.17, 15) is 0 Å². The Kier molecular flexibility index (Phi) is 2.28. The summed E-state index contributed by atoms with van der Waals surface area (Å²) in [5.74, 6) is 0. The summed E-state index contributed by atoms with van der Waals surface area (Å²) in [7, 11) is -0.525. The predicted molar refractivity (Wildman–Crippen MR) is 54.8 cm³/mol. The number of benzene rings is 1. The van der Waals surface area contributed by atoms with Crippen LogP contribution in [0, 0.1) is 6.92 Å². The highest BCUT2D eigenvalue weighted by Crippen LogP contribution is 2.44. The van der Waals surface area contributed by atoms with Crippen LogP contribution >= 0.6 is 10.0 Å². The highest BCUT2D eigenvalue weighted by Gasteiger charge is 2.06. The van der Waals surface area contributed by atoms with E-state index < -0.39 is 10.0 Å². The summed E-state index contributed by atoms with van der Waals surface area (Å²) in [6, 6.07) is 8.80. The molecule has 0 aliphatic heterocycles. The summed E-state index contributed by atoms with van der Waals surface area (Å²) in [6.07, 6.45) is 6.96. The fraction of sp³-hybridized carbons (Fsp3) is 0.400. The van der Waals surface area contributed by atoms with Crippen molar-refractivity contribution in [1.29, 1.82) is 0 Å². The van der Waals surface area contributed by atoms with Crippen LogP contribution in [-0.4, -0.2) is 18.8 Å². The second kappa shape index (κ2) is 2.90. The molecular formula is C10H16S. The lowest BCUT2D eigenvalue weighted by Crippen LogP contribution is -1.92. The van der Waals surface area contributed by atoms with E-state index in [1.807, 2.05) is 0 Å². The van der Waals surface area contributed by atoms with Crippen LogP contribution in [0.15, 0.2) is 29.2 Å². The first-order valence-electron chi connectivity index (χ1n) is 3.75. The quantitative estimate of drug-likeness (QED) is 0.604. The lowest BCUT2D eigenvalue weighted by molar-refractivity contribution is 1.35. The zero-order valence-electron chi connectivity index (χ0n) is 7.72. The molecule has 0 amide bonds. The van der Waals surface area contributed by atoms with Crippen molar-refractivity contribution >= 4 is 10.0 Å². The Labute approximate surface area is 71.0 Å². The van der Waals surface area contributed by atoms with Crippen molar-refractivity contribution in [2.24, 2.45) is 0 Å². The predicted octanol–water partition coefficient (Wildman–Crippen LogP) is 3.05. The summed E-state index contributed by atoms with van der Waals surface area (Å²) in [6.45, 7) is 2.15. The first kappa shape index (κ1) is 8.66. The van der Waals surface area contributed by atoms with Crippen LogP contribution in [0.4, 0.5) is 0 Å². The summed E-state index contributed by atoms with van der Waals surface area (Å²) in [5, 5.41) is 0. The molecule has 0 fully saturated rings. The fourth-order valence-corrected chi connectivity index (χ4v) is 2.02. The van der Waals surface area contributed by atoms with Crippen molar-refractivity contribution in [3.8, 4) is 0 Å². The highest BCUT2D eigenvalue weighted by molar-refractivity contribution is 8.32. The maximum atomic E-state index is 2.32. The molecule has 0 aromatic heterocycles. The van der Waals surface area contributed by atoms with Crippen LogP contribution in [-0.2, 0) is 0 Å². The second-order valence-electron chi connectivity index (χ2n) is 3.65. The average molecular weight is 168 g/mol. The van der Waals surface area contributed by atoms with Gasteiger partial charge in [-0.3, -0.25) is 0 Å². The lowest BCUT2D eigenvalue weighted by Gasteiger charge is -2.25. The van der Waals surface area contributed by atoms with Gasteiger partial charge in [-0.05, 0) is 36.7 Å². The van der Waals surface area contributed by atoms with Crippen molar-refractivity contribution in [2.75, 3.05) is 18.8 Å². The minimum atomic E-state index is -0.525. The van der Waals surface area contributed by atoms with E-state index in [-0.39, 0.29) is 0 Å². The standard InChI is InChI=1S/C10H16S/c1-9-6-5-7-10(8-9)11(2,3)4/h5-8H,1-4H3. The largest absolute Gasteiger partial charge is 0.223 e. The molecule has 0 N–H and O–H groups in total. The maximum Gasteiger partial charge on any atom is -0.0104 e.